The van der Waals surface area contributed by atoms with E-state index in [2.05, 4.69) is 4.74 Å². The zero-order valence-electron chi connectivity index (χ0n) is 6.31. The lowest BCUT2D eigenvalue weighted by molar-refractivity contribution is -0.143. The first-order valence-corrected chi connectivity index (χ1v) is 3.40. The first-order valence-electron chi connectivity index (χ1n) is 3.40. The van der Waals surface area contributed by atoms with Crippen molar-refractivity contribution in [3.63, 3.8) is 0 Å². The van der Waals surface area contributed by atoms with Crippen molar-refractivity contribution in [2.24, 2.45) is 5.73 Å². The summed E-state index contributed by atoms with van der Waals surface area (Å²) >= 11 is 0. The second-order valence-corrected chi connectivity index (χ2v) is 2.18. The van der Waals surface area contributed by atoms with E-state index in [9.17, 15) is 4.79 Å². The van der Waals surface area contributed by atoms with Crippen molar-refractivity contribution >= 4 is 5.97 Å². The minimum Gasteiger partial charge on any atom is -0.424 e. The average Bonchev–Trinajstić information content (AvgIpc) is 2.06. The maximum absolute atomic E-state index is 10.7. The summed E-state index contributed by atoms with van der Waals surface area (Å²) in [6.07, 6.45) is -1.58. The molecule has 0 aliphatic heterocycles. The molecule has 0 fully saturated rings. The largest absolute Gasteiger partial charge is 0.424 e. The number of esters is 1. The molecule has 3 N–H and O–H groups in total. The highest BCUT2D eigenvalue weighted by molar-refractivity contribution is 5.76. The van der Waals surface area contributed by atoms with Crippen LogP contribution in [0.1, 0.15) is 0 Å². The Morgan fingerprint density at radius 3 is 2.50 bits per heavy atom. The van der Waals surface area contributed by atoms with E-state index in [0.29, 0.717) is 5.75 Å². The van der Waals surface area contributed by atoms with Crippen LogP contribution in [0.25, 0.3) is 0 Å². The van der Waals surface area contributed by atoms with Crippen LogP contribution in [0, 0.1) is 0 Å². The SMILES string of the molecule is N[C@@H](O)C(=O)Oc1ccccc1. The Kier molecular flexibility index (Phi) is 2.79. The molecule has 4 nitrogen and oxygen atoms in total. The van der Waals surface area contributed by atoms with Gasteiger partial charge in [-0.3, -0.25) is 5.73 Å². The topological polar surface area (TPSA) is 72.5 Å². The molecule has 1 atom stereocenters. The Morgan fingerprint density at radius 1 is 1.42 bits per heavy atom. The van der Waals surface area contributed by atoms with E-state index < -0.39 is 12.2 Å². The minimum absolute atomic E-state index is 0.368. The van der Waals surface area contributed by atoms with Crippen LogP contribution >= 0.6 is 0 Å². The normalized spacial score (nSPS) is 12.2. The number of ether oxygens (including phenoxy) is 1. The number of para-hydroxylation sites is 1. The van der Waals surface area contributed by atoms with E-state index in [1.165, 1.54) is 0 Å². The van der Waals surface area contributed by atoms with Gasteiger partial charge >= 0.3 is 5.97 Å². The summed E-state index contributed by atoms with van der Waals surface area (Å²) in [5, 5.41) is 8.59. The van der Waals surface area contributed by atoms with Gasteiger partial charge in [-0.2, -0.15) is 0 Å². The van der Waals surface area contributed by atoms with Gasteiger partial charge in [0.05, 0.1) is 0 Å². The van der Waals surface area contributed by atoms with Crippen LogP contribution in [0.5, 0.6) is 5.75 Å². The monoisotopic (exact) mass is 167 g/mol. The van der Waals surface area contributed by atoms with Crippen LogP contribution in [0.3, 0.4) is 0 Å². The molecule has 4 heteroatoms. The molecule has 1 aromatic carbocycles. The van der Waals surface area contributed by atoms with Crippen molar-refractivity contribution < 1.29 is 14.6 Å². The predicted molar refractivity (Wildman–Crippen MR) is 42.3 cm³/mol. The van der Waals surface area contributed by atoms with Crippen LogP contribution in [0.2, 0.25) is 0 Å². The number of benzene rings is 1. The number of aliphatic hydroxyl groups excluding tert-OH is 1. The van der Waals surface area contributed by atoms with Crippen LogP contribution in [0.15, 0.2) is 30.3 Å². The van der Waals surface area contributed by atoms with Crippen molar-refractivity contribution in [3.8, 4) is 5.75 Å². The average molecular weight is 167 g/mol. The lowest BCUT2D eigenvalue weighted by Crippen LogP contribution is -2.33. The standard InChI is InChI=1S/C8H9NO3/c9-7(10)8(11)12-6-4-2-1-3-5-6/h1-5,7,10H,9H2/t7-/m0/s1. The fourth-order valence-corrected chi connectivity index (χ4v) is 0.665. The van der Waals surface area contributed by atoms with Gasteiger partial charge in [0, 0.05) is 0 Å². The summed E-state index contributed by atoms with van der Waals surface area (Å²) in [7, 11) is 0. The third kappa shape index (κ3) is 2.34. The van der Waals surface area contributed by atoms with Crippen LogP contribution < -0.4 is 10.5 Å². The molecule has 1 aromatic rings. The Balaban J connectivity index is 2.59. The van der Waals surface area contributed by atoms with Crippen molar-refractivity contribution in [1.29, 1.82) is 0 Å². The van der Waals surface area contributed by atoms with E-state index in [-0.39, 0.29) is 0 Å². The first kappa shape index (κ1) is 8.70. The summed E-state index contributed by atoms with van der Waals surface area (Å²) in [4.78, 5) is 10.7. The molecule has 0 radical (unpaired) electrons. The predicted octanol–water partition coefficient (Wildman–Crippen LogP) is -0.131. The molecule has 0 aliphatic rings. The van der Waals surface area contributed by atoms with E-state index in [1.54, 1.807) is 30.3 Å². The highest BCUT2D eigenvalue weighted by Crippen LogP contribution is 2.08. The summed E-state index contributed by atoms with van der Waals surface area (Å²) in [6.45, 7) is 0. The fourth-order valence-electron chi connectivity index (χ4n) is 0.665. The van der Waals surface area contributed by atoms with Gasteiger partial charge in [-0.15, -0.1) is 0 Å². The zero-order valence-corrected chi connectivity index (χ0v) is 6.31. The molecule has 0 spiro atoms. The number of carbonyl (C=O) groups excluding carboxylic acids is 1. The molecule has 0 unspecified atom stereocenters. The van der Waals surface area contributed by atoms with Crippen molar-refractivity contribution in [1.82, 2.24) is 0 Å². The molecule has 0 heterocycles. The van der Waals surface area contributed by atoms with E-state index in [4.69, 9.17) is 10.8 Å². The van der Waals surface area contributed by atoms with E-state index >= 15 is 0 Å². The van der Waals surface area contributed by atoms with Crippen molar-refractivity contribution in [2.75, 3.05) is 0 Å². The number of nitrogens with two attached hydrogens (primary N) is 1. The van der Waals surface area contributed by atoms with E-state index in [0.717, 1.165) is 0 Å². The number of hydrogen-bond donors (Lipinski definition) is 2. The zero-order chi connectivity index (χ0) is 8.97. The summed E-state index contributed by atoms with van der Waals surface area (Å²) in [5.41, 5.74) is 4.86. The lowest BCUT2D eigenvalue weighted by Gasteiger charge is -2.04. The third-order valence-corrected chi connectivity index (χ3v) is 1.20. The molecule has 0 aliphatic carbocycles. The van der Waals surface area contributed by atoms with Gasteiger partial charge in [-0.05, 0) is 12.1 Å². The molecule has 64 valence electrons. The van der Waals surface area contributed by atoms with Crippen LogP contribution in [-0.4, -0.2) is 17.3 Å². The Labute approximate surface area is 69.6 Å². The molecule has 0 amide bonds. The smallest absolute Gasteiger partial charge is 0.355 e. The Morgan fingerprint density at radius 2 is 2.00 bits per heavy atom. The molecule has 12 heavy (non-hydrogen) atoms. The fraction of sp³-hybridized carbons (Fsp3) is 0.125. The van der Waals surface area contributed by atoms with Gasteiger partial charge in [0.25, 0.3) is 0 Å². The number of carbonyl (C=O) groups is 1. The molecular weight excluding hydrogens is 158 g/mol. The number of aliphatic hydroxyl groups is 1. The van der Waals surface area contributed by atoms with Gasteiger partial charge in [-0.1, -0.05) is 18.2 Å². The third-order valence-electron chi connectivity index (χ3n) is 1.20. The molecule has 0 saturated heterocycles. The molecular formula is C8H9NO3. The number of rotatable bonds is 2. The van der Waals surface area contributed by atoms with Gasteiger partial charge in [0.15, 0.2) is 0 Å². The van der Waals surface area contributed by atoms with Gasteiger partial charge < -0.3 is 9.84 Å². The van der Waals surface area contributed by atoms with Crippen LogP contribution in [0.4, 0.5) is 0 Å². The van der Waals surface area contributed by atoms with Gasteiger partial charge in [-0.25, -0.2) is 4.79 Å². The maximum Gasteiger partial charge on any atom is 0.355 e. The summed E-state index contributed by atoms with van der Waals surface area (Å²) < 4.78 is 4.66. The Bertz CT molecular complexity index is 258. The summed E-state index contributed by atoms with van der Waals surface area (Å²) in [5.74, 6) is -0.492. The Hall–Kier alpha value is -1.39. The van der Waals surface area contributed by atoms with Gasteiger partial charge in [0.2, 0.25) is 6.23 Å². The van der Waals surface area contributed by atoms with Gasteiger partial charge in [0.1, 0.15) is 5.75 Å². The summed E-state index contributed by atoms with van der Waals surface area (Å²) in [6, 6.07) is 8.41. The van der Waals surface area contributed by atoms with Crippen molar-refractivity contribution in [3.05, 3.63) is 30.3 Å². The highest BCUT2D eigenvalue weighted by atomic mass is 16.6. The molecule has 1 rings (SSSR count). The first-order chi connectivity index (χ1) is 5.70. The lowest BCUT2D eigenvalue weighted by atomic mass is 10.3. The minimum atomic E-state index is -1.58. The second kappa shape index (κ2) is 3.85. The maximum atomic E-state index is 10.7. The number of hydrogen-bond acceptors (Lipinski definition) is 4. The highest BCUT2D eigenvalue weighted by Gasteiger charge is 2.10. The molecule has 0 saturated carbocycles. The van der Waals surface area contributed by atoms with E-state index in [1.807, 2.05) is 0 Å². The second-order valence-electron chi connectivity index (χ2n) is 2.18. The van der Waals surface area contributed by atoms with Crippen molar-refractivity contribution in [2.45, 2.75) is 6.23 Å². The van der Waals surface area contributed by atoms with Crippen LogP contribution in [-0.2, 0) is 4.79 Å². The molecule has 0 aromatic heterocycles. The molecule has 0 bridgehead atoms. The quantitative estimate of drug-likeness (QED) is 0.365.